The molecule has 22 heavy (non-hydrogen) atoms. The minimum Gasteiger partial charge on any atom is -0.341 e. The maximum atomic E-state index is 12.4. The number of carbonyl (C=O) groups is 1. The number of sulfonamides is 1. The van der Waals surface area contributed by atoms with Crippen molar-refractivity contribution in [3.8, 4) is 0 Å². The first kappa shape index (κ1) is 17.0. The lowest BCUT2D eigenvalue weighted by atomic mass is 9.94. The summed E-state index contributed by atoms with van der Waals surface area (Å²) in [7, 11) is -1.88. The van der Waals surface area contributed by atoms with E-state index in [-0.39, 0.29) is 12.5 Å². The van der Waals surface area contributed by atoms with Crippen LogP contribution < -0.4 is 0 Å². The maximum Gasteiger partial charge on any atom is 0.237 e. The molecule has 1 aromatic carbocycles. The van der Waals surface area contributed by atoms with Gasteiger partial charge < -0.3 is 4.90 Å². The molecule has 0 N–H and O–H groups in total. The van der Waals surface area contributed by atoms with E-state index in [0.29, 0.717) is 19.0 Å². The van der Waals surface area contributed by atoms with Crippen molar-refractivity contribution in [2.75, 3.05) is 32.9 Å². The number of likely N-dealkylation sites (N-methyl/N-ethyl adjacent to an activating group) is 1. The van der Waals surface area contributed by atoms with Gasteiger partial charge in [-0.2, -0.15) is 4.31 Å². The van der Waals surface area contributed by atoms with Gasteiger partial charge >= 0.3 is 0 Å². The third-order valence-electron chi connectivity index (χ3n) is 4.22. The van der Waals surface area contributed by atoms with E-state index in [1.54, 1.807) is 0 Å². The quantitative estimate of drug-likeness (QED) is 0.846. The molecule has 1 aliphatic rings. The summed E-state index contributed by atoms with van der Waals surface area (Å²) < 4.78 is 24.0. The van der Waals surface area contributed by atoms with Crippen LogP contribution in [0.5, 0.6) is 0 Å². The summed E-state index contributed by atoms with van der Waals surface area (Å²) in [6, 6.07) is 10.2. The number of amides is 1. The summed E-state index contributed by atoms with van der Waals surface area (Å²) in [5, 5.41) is 0. The van der Waals surface area contributed by atoms with Crippen molar-refractivity contribution >= 4 is 15.9 Å². The van der Waals surface area contributed by atoms with Crippen molar-refractivity contribution in [2.24, 2.45) is 0 Å². The summed E-state index contributed by atoms with van der Waals surface area (Å²) >= 11 is 0. The van der Waals surface area contributed by atoms with Crippen molar-refractivity contribution in [3.05, 3.63) is 35.9 Å². The van der Waals surface area contributed by atoms with E-state index < -0.39 is 10.0 Å². The van der Waals surface area contributed by atoms with Gasteiger partial charge in [0.1, 0.15) is 0 Å². The highest BCUT2D eigenvalue weighted by Crippen LogP contribution is 2.26. The van der Waals surface area contributed by atoms with Crippen LogP contribution in [0.2, 0.25) is 0 Å². The van der Waals surface area contributed by atoms with Gasteiger partial charge in [-0.15, -0.1) is 0 Å². The molecule has 1 heterocycles. The van der Waals surface area contributed by atoms with Crippen molar-refractivity contribution in [1.29, 1.82) is 0 Å². The van der Waals surface area contributed by atoms with Gasteiger partial charge in [0.15, 0.2) is 0 Å². The molecule has 0 spiro atoms. The zero-order valence-corrected chi connectivity index (χ0v) is 14.1. The first-order valence-corrected chi connectivity index (χ1v) is 9.47. The van der Waals surface area contributed by atoms with Gasteiger partial charge in [0.2, 0.25) is 15.9 Å². The third-order valence-corrected chi connectivity index (χ3v) is 5.48. The predicted molar refractivity (Wildman–Crippen MR) is 87.1 cm³/mol. The second-order valence-electron chi connectivity index (χ2n) is 5.96. The summed E-state index contributed by atoms with van der Waals surface area (Å²) in [5.41, 5.74) is 1.25. The van der Waals surface area contributed by atoms with Crippen molar-refractivity contribution < 1.29 is 13.2 Å². The van der Waals surface area contributed by atoms with Gasteiger partial charge in [0, 0.05) is 26.1 Å². The standard InChI is InChI=1S/C16H24N2O3S/c1-17(22(2,20)21)13-16(19)18-11-7-6-10-15(12-18)14-8-4-3-5-9-14/h3-5,8-9,15H,6-7,10-13H2,1-2H3/t15-/m1/s1. The fourth-order valence-corrected chi connectivity index (χ4v) is 3.12. The molecule has 1 aromatic rings. The fourth-order valence-electron chi connectivity index (χ4n) is 2.77. The van der Waals surface area contributed by atoms with Gasteiger partial charge in [-0.05, 0) is 18.4 Å². The van der Waals surface area contributed by atoms with Crippen molar-refractivity contribution in [3.63, 3.8) is 0 Å². The molecule has 5 nitrogen and oxygen atoms in total. The average molecular weight is 324 g/mol. The molecule has 1 saturated heterocycles. The zero-order valence-electron chi connectivity index (χ0n) is 13.2. The highest BCUT2D eigenvalue weighted by molar-refractivity contribution is 7.88. The van der Waals surface area contributed by atoms with Crippen LogP contribution in [0.15, 0.2) is 30.3 Å². The molecule has 0 aromatic heterocycles. The van der Waals surface area contributed by atoms with Crippen LogP contribution in [0.1, 0.15) is 30.7 Å². The predicted octanol–water partition coefficient (Wildman–Crippen LogP) is 1.67. The number of hydrogen-bond donors (Lipinski definition) is 0. The highest BCUT2D eigenvalue weighted by atomic mass is 32.2. The van der Waals surface area contributed by atoms with E-state index in [0.717, 1.165) is 29.8 Å². The number of rotatable bonds is 4. The monoisotopic (exact) mass is 324 g/mol. The molecule has 0 aliphatic carbocycles. The molecule has 1 fully saturated rings. The average Bonchev–Trinajstić information content (AvgIpc) is 2.73. The van der Waals surface area contributed by atoms with Crippen molar-refractivity contribution in [2.45, 2.75) is 25.2 Å². The molecule has 0 unspecified atom stereocenters. The van der Waals surface area contributed by atoms with Crippen LogP contribution in [0.3, 0.4) is 0 Å². The Labute approximate surface area is 133 Å². The van der Waals surface area contributed by atoms with Crippen LogP contribution in [-0.2, 0) is 14.8 Å². The molecule has 1 atom stereocenters. The Morgan fingerprint density at radius 2 is 1.95 bits per heavy atom. The van der Waals surface area contributed by atoms with Crippen LogP contribution in [-0.4, -0.2) is 56.5 Å². The largest absolute Gasteiger partial charge is 0.341 e. The van der Waals surface area contributed by atoms with Crippen molar-refractivity contribution in [1.82, 2.24) is 9.21 Å². The van der Waals surface area contributed by atoms with Crippen LogP contribution in [0, 0.1) is 0 Å². The minimum absolute atomic E-state index is 0.0830. The van der Waals surface area contributed by atoms with Gasteiger partial charge in [-0.1, -0.05) is 36.8 Å². The van der Waals surface area contributed by atoms with Gasteiger partial charge in [0.05, 0.1) is 12.8 Å². The SMILES string of the molecule is CN(CC(=O)N1CCCC[C@@H](c2ccccc2)C1)S(C)(=O)=O. The van der Waals surface area contributed by atoms with Gasteiger partial charge in [-0.3, -0.25) is 4.79 Å². The van der Waals surface area contributed by atoms with E-state index in [1.165, 1.54) is 12.6 Å². The second kappa shape index (κ2) is 7.24. The second-order valence-corrected chi connectivity index (χ2v) is 8.05. The number of hydrogen-bond acceptors (Lipinski definition) is 3. The zero-order chi connectivity index (χ0) is 16.2. The Morgan fingerprint density at radius 1 is 1.27 bits per heavy atom. The lowest BCUT2D eigenvalue weighted by Crippen LogP contribution is -2.42. The molecule has 0 saturated carbocycles. The first-order valence-electron chi connectivity index (χ1n) is 7.62. The summed E-state index contributed by atoms with van der Waals surface area (Å²) in [5.74, 6) is 0.215. The van der Waals surface area contributed by atoms with Gasteiger partial charge in [0.25, 0.3) is 0 Å². The molecule has 1 amide bonds. The topological polar surface area (TPSA) is 57.7 Å². The molecule has 122 valence electrons. The Bertz CT molecular complexity index is 601. The maximum absolute atomic E-state index is 12.4. The lowest BCUT2D eigenvalue weighted by molar-refractivity contribution is -0.131. The Balaban J connectivity index is 2.05. The Morgan fingerprint density at radius 3 is 2.59 bits per heavy atom. The summed E-state index contributed by atoms with van der Waals surface area (Å²) in [6.45, 7) is 1.29. The molecule has 0 bridgehead atoms. The normalized spacial score (nSPS) is 20.0. The minimum atomic E-state index is -3.33. The van der Waals surface area contributed by atoms with Gasteiger partial charge in [-0.25, -0.2) is 8.42 Å². The van der Waals surface area contributed by atoms with E-state index in [4.69, 9.17) is 0 Å². The molecular formula is C16H24N2O3S. The number of benzene rings is 1. The van der Waals surface area contributed by atoms with Crippen LogP contribution >= 0.6 is 0 Å². The third kappa shape index (κ3) is 4.55. The highest BCUT2D eigenvalue weighted by Gasteiger charge is 2.25. The fraction of sp³-hybridized carbons (Fsp3) is 0.562. The number of nitrogens with zero attached hydrogens (tertiary/aromatic N) is 2. The van der Waals surface area contributed by atoms with E-state index >= 15 is 0 Å². The van der Waals surface area contributed by atoms with Crippen LogP contribution in [0.4, 0.5) is 0 Å². The lowest BCUT2D eigenvalue weighted by Gasteiger charge is -2.26. The molecule has 6 heteroatoms. The van der Waals surface area contributed by atoms with E-state index in [2.05, 4.69) is 12.1 Å². The number of likely N-dealkylation sites (tertiary alicyclic amines) is 1. The van der Waals surface area contributed by atoms with E-state index in [9.17, 15) is 13.2 Å². The first-order chi connectivity index (χ1) is 10.4. The Kier molecular flexibility index (Phi) is 5.58. The summed E-state index contributed by atoms with van der Waals surface area (Å²) in [6.07, 6.45) is 4.24. The number of carbonyl (C=O) groups excluding carboxylic acids is 1. The summed E-state index contributed by atoms with van der Waals surface area (Å²) in [4.78, 5) is 14.2. The molecular weight excluding hydrogens is 300 g/mol. The molecule has 2 rings (SSSR count). The smallest absolute Gasteiger partial charge is 0.237 e. The van der Waals surface area contributed by atoms with Crippen LogP contribution in [0.25, 0.3) is 0 Å². The molecule has 1 aliphatic heterocycles. The molecule has 0 radical (unpaired) electrons. The Hall–Kier alpha value is -1.40. The van der Waals surface area contributed by atoms with E-state index in [1.807, 2.05) is 23.1 Å².